The number of anilines is 1. The Morgan fingerprint density at radius 1 is 0.929 bits per heavy atom. The van der Waals surface area contributed by atoms with Gasteiger partial charge in [-0.15, -0.1) is 5.10 Å². The first-order chi connectivity index (χ1) is 20.5. The molecule has 5 rings (SSSR count). The maximum Gasteiger partial charge on any atom is 0.338 e. The predicted molar refractivity (Wildman–Crippen MR) is 165 cm³/mol. The Hall–Kier alpha value is -4.24. The number of nitrogens with zero attached hydrogens (tertiary/aromatic N) is 3. The first-order valence-electron chi connectivity index (χ1n) is 14.2. The largest absolute Gasteiger partial charge is 0.490 e. The average Bonchev–Trinajstić information content (AvgIpc) is 3.41. The number of hydrogen-bond donors (Lipinski definition) is 1. The van der Waals surface area contributed by atoms with E-state index in [1.165, 1.54) is 5.56 Å². The van der Waals surface area contributed by atoms with Gasteiger partial charge in [-0.2, -0.15) is 4.98 Å². The molecule has 218 valence electrons. The lowest BCUT2D eigenvalue weighted by Crippen LogP contribution is -2.29. The third-order valence-electron chi connectivity index (χ3n) is 6.80. The van der Waals surface area contributed by atoms with Crippen LogP contribution in [0.5, 0.6) is 11.5 Å². The van der Waals surface area contributed by atoms with Gasteiger partial charge in [-0.3, -0.25) is 0 Å². The number of ether oxygens (including phenoxy) is 3. The molecule has 0 amide bonds. The lowest BCUT2D eigenvalue weighted by atomic mass is 9.95. The van der Waals surface area contributed by atoms with Crippen molar-refractivity contribution in [1.29, 1.82) is 0 Å². The van der Waals surface area contributed by atoms with E-state index in [9.17, 15) is 4.79 Å². The van der Waals surface area contributed by atoms with Gasteiger partial charge < -0.3 is 19.5 Å². The molecule has 1 aromatic heterocycles. The van der Waals surface area contributed by atoms with Crippen molar-refractivity contribution in [2.24, 2.45) is 0 Å². The zero-order chi connectivity index (χ0) is 29.5. The minimum atomic E-state index is -0.571. The first kappa shape index (κ1) is 29.3. The summed E-state index contributed by atoms with van der Waals surface area (Å²) in [6, 6.07) is 23.1. The molecule has 2 heterocycles. The Kier molecular flexibility index (Phi) is 9.48. The van der Waals surface area contributed by atoms with Gasteiger partial charge in [0, 0.05) is 11.4 Å². The van der Waals surface area contributed by atoms with Crippen molar-refractivity contribution >= 4 is 23.7 Å². The highest BCUT2D eigenvalue weighted by molar-refractivity contribution is 7.99. The normalized spacial score (nSPS) is 14.2. The highest BCUT2D eigenvalue weighted by Gasteiger charge is 2.36. The smallest absolute Gasteiger partial charge is 0.338 e. The molecule has 1 aliphatic rings. The second kappa shape index (κ2) is 13.6. The summed E-state index contributed by atoms with van der Waals surface area (Å²) in [5.74, 6) is 2.27. The van der Waals surface area contributed by atoms with Crippen LogP contribution in [0.3, 0.4) is 0 Å². The van der Waals surface area contributed by atoms with Crippen LogP contribution < -0.4 is 14.8 Å². The summed E-state index contributed by atoms with van der Waals surface area (Å²) >= 11 is 1.59. The first-order valence-corrected chi connectivity index (χ1v) is 15.2. The summed E-state index contributed by atoms with van der Waals surface area (Å²) in [4.78, 5) is 18.4. The average molecular weight is 585 g/mol. The van der Waals surface area contributed by atoms with Crippen LogP contribution in [0.1, 0.15) is 55.5 Å². The molecule has 0 bridgehead atoms. The number of aryl methyl sites for hydroxylation is 1. The number of hydrogen-bond acceptors (Lipinski definition) is 8. The fourth-order valence-corrected chi connectivity index (χ4v) is 5.37. The van der Waals surface area contributed by atoms with E-state index < -0.39 is 12.0 Å². The molecule has 0 aliphatic carbocycles. The molecule has 1 N–H and O–H groups in total. The Morgan fingerprint density at radius 2 is 1.69 bits per heavy atom. The van der Waals surface area contributed by atoms with E-state index in [1.54, 1.807) is 16.4 Å². The number of aromatic nitrogens is 3. The minimum absolute atomic E-state index is 0.168. The lowest BCUT2D eigenvalue weighted by molar-refractivity contribution is -0.140. The lowest BCUT2D eigenvalue weighted by Gasteiger charge is -2.28. The molecule has 1 atom stereocenters. The Balaban J connectivity index is 1.48. The molecule has 1 unspecified atom stereocenters. The van der Waals surface area contributed by atoms with E-state index in [0.29, 0.717) is 47.1 Å². The zero-order valence-electron chi connectivity index (χ0n) is 24.4. The third-order valence-corrected chi connectivity index (χ3v) is 7.84. The molecule has 0 fully saturated rings. The Labute approximate surface area is 251 Å². The molecular formula is C33H36N4O4S. The van der Waals surface area contributed by atoms with Crippen LogP contribution in [0.15, 0.2) is 89.2 Å². The topological polar surface area (TPSA) is 87.5 Å². The van der Waals surface area contributed by atoms with E-state index in [-0.39, 0.29) is 6.61 Å². The van der Waals surface area contributed by atoms with E-state index >= 15 is 0 Å². The summed E-state index contributed by atoms with van der Waals surface area (Å²) in [5, 5.41) is 8.73. The van der Waals surface area contributed by atoms with Gasteiger partial charge in [0.15, 0.2) is 11.5 Å². The van der Waals surface area contributed by atoms with E-state index in [1.807, 2.05) is 62.4 Å². The van der Waals surface area contributed by atoms with Gasteiger partial charge in [0.2, 0.25) is 11.1 Å². The maximum atomic E-state index is 13.7. The standard InChI is InChI=1S/C33H36N4O4S/c1-5-18-42-33-35-32-34-23(4)29(31(38)41-21-24-10-8-7-9-11-24)30(37(32)36-33)26-16-17-27(28(19-26)39-6-2)40-20-25-14-12-22(3)13-15-25/h7-17,19,30H,5-6,18,20-21H2,1-4H3,(H,34,35,36). The zero-order valence-corrected chi connectivity index (χ0v) is 25.2. The molecule has 0 radical (unpaired) electrons. The number of carbonyl (C=O) groups excluding carboxylic acids is 1. The third kappa shape index (κ3) is 6.79. The van der Waals surface area contributed by atoms with Gasteiger partial charge in [-0.25, -0.2) is 9.48 Å². The summed E-state index contributed by atoms with van der Waals surface area (Å²) in [5.41, 5.74) is 5.13. The molecular weight excluding hydrogens is 548 g/mol. The summed E-state index contributed by atoms with van der Waals surface area (Å²) in [6.07, 6.45) is 1.00. The molecule has 0 saturated carbocycles. The molecule has 42 heavy (non-hydrogen) atoms. The number of nitrogens with one attached hydrogen (secondary N) is 1. The van der Waals surface area contributed by atoms with Crippen molar-refractivity contribution < 1.29 is 19.0 Å². The van der Waals surface area contributed by atoms with E-state index in [2.05, 4.69) is 43.4 Å². The van der Waals surface area contributed by atoms with Crippen LogP contribution in [-0.4, -0.2) is 33.1 Å². The van der Waals surface area contributed by atoms with Crippen molar-refractivity contribution in [3.8, 4) is 11.5 Å². The van der Waals surface area contributed by atoms with Gasteiger partial charge in [-0.05, 0) is 56.0 Å². The van der Waals surface area contributed by atoms with Crippen LogP contribution >= 0.6 is 11.8 Å². The Bertz CT molecular complexity index is 1550. The number of fused-ring (bicyclic) bond motifs is 1. The number of carbonyl (C=O) groups is 1. The second-order valence-electron chi connectivity index (χ2n) is 10.1. The minimum Gasteiger partial charge on any atom is -0.490 e. The van der Waals surface area contributed by atoms with Crippen molar-refractivity contribution in [3.63, 3.8) is 0 Å². The number of rotatable bonds is 12. The van der Waals surface area contributed by atoms with Crippen LogP contribution in [0, 0.1) is 6.92 Å². The summed E-state index contributed by atoms with van der Waals surface area (Å²) in [7, 11) is 0. The second-order valence-corrected chi connectivity index (χ2v) is 11.1. The van der Waals surface area contributed by atoms with Crippen LogP contribution in [0.2, 0.25) is 0 Å². The van der Waals surface area contributed by atoms with Gasteiger partial charge in [0.05, 0.1) is 12.2 Å². The summed E-state index contributed by atoms with van der Waals surface area (Å²) in [6.45, 7) is 9.02. The predicted octanol–water partition coefficient (Wildman–Crippen LogP) is 7.10. The van der Waals surface area contributed by atoms with Crippen molar-refractivity contribution in [2.75, 3.05) is 17.7 Å². The summed E-state index contributed by atoms with van der Waals surface area (Å²) < 4.78 is 19.8. The van der Waals surface area contributed by atoms with Gasteiger partial charge in [0.25, 0.3) is 0 Å². The highest BCUT2D eigenvalue weighted by atomic mass is 32.2. The molecule has 0 spiro atoms. The Morgan fingerprint density at radius 3 is 2.43 bits per heavy atom. The molecule has 1 aliphatic heterocycles. The monoisotopic (exact) mass is 584 g/mol. The van der Waals surface area contributed by atoms with E-state index in [4.69, 9.17) is 24.3 Å². The van der Waals surface area contributed by atoms with Crippen LogP contribution in [0.4, 0.5) is 5.95 Å². The van der Waals surface area contributed by atoms with E-state index in [0.717, 1.165) is 28.9 Å². The number of thioether (sulfide) groups is 1. The maximum absolute atomic E-state index is 13.7. The molecule has 3 aromatic carbocycles. The van der Waals surface area contributed by atoms with Crippen LogP contribution in [-0.2, 0) is 22.7 Å². The number of esters is 1. The fraction of sp³-hybridized carbons (Fsp3) is 0.303. The van der Waals surface area contributed by atoms with Crippen molar-refractivity contribution in [2.45, 2.75) is 58.5 Å². The van der Waals surface area contributed by atoms with Gasteiger partial charge in [0.1, 0.15) is 19.3 Å². The number of allylic oxidation sites excluding steroid dienone is 1. The SMILES string of the molecule is CCCSc1nc2n(n1)C(c1ccc(OCc3ccc(C)cc3)c(OCC)c1)C(C(=O)OCc1ccccc1)=C(C)N2. The highest BCUT2D eigenvalue weighted by Crippen LogP contribution is 2.40. The van der Waals surface area contributed by atoms with Crippen LogP contribution in [0.25, 0.3) is 0 Å². The number of benzene rings is 3. The van der Waals surface area contributed by atoms with Gasteiger partial charge in [-0.1, -0.05) is 84.9 Å². The molecule has 8 nitrogen and oxygen atoms in total. The quantitative estimate of drug-likeness (QED) is 0.139. The molecule has 0 saturated heterocycles. The van der Waals surface area contributed by atoms with Gasteiger partial charge >= 0.3 is 5.97 Å². The van der Waals surface area contributed by atoms with Crippen molar-refractivity contribution in [3.05, 3.63) is 106 Å². The molecule has 9 heteroatoms. The molecule has 4 aromatic rings. The fourth-order valence-electron chi connectivity index (χ4n) is 4.69. The van der Waals surface area contributed by atoms with Crippen molar-refractivity contribution in [1.82, 2.24) is 14.8 Å².